The van der Waals surface area contributed by atoms with Crippen LogP contribution in [0, 0.1) is 17.8 Å². The first-order chi connectivity index (χ1) is 9.04. The van der Waals surface area contributed by atoms with E-state index in [1.807, 2.05) is 6.07 Å². The number of nitrogens with one attached hydrogen (secondary N) is 1. The molecule has 5 heteroatoms. The van der Waals surface area contributed by atoms with Crippen molar-refractivity contribution in [2.45, 2.75) is 38.6 Å². The molecular formula is C14H17Br2NOS. The molecule has 2 aliphatic carbocycles. The minimum Gasteiger partial charge on any atom is -0.349 e. The van der Waals surface area contributed by atoms with E-state index in [0.717, 1.165) is 25.0 Å². The number of hydrogen-bond donors (Lipinski definition) is 1. The van der Waals surface area contributed by atoms with Crippen molar-refractivity contribution in [2.24, 2.45) is 17.8 Å². The average Bonchev–Trinajstić information content (AvgIpc) is 3.06. The maximum absolute atomic E-state index is 12.2. The van der Waals surface area contributed by atoms with Gasteiger partial charge in [-0.25, -0.2) is 0 Å². The highest BCUT2D eigenvalue weighted by Gasteiger charge is 2.42. The van der Waals surface area contributed by atoms with E-state index in [9.17, 15) is 4.79 Å². The molecule has 0 radical (unpaired) electrons. The summed E-state index contributed by atoms with van der Waals surface area (Å²) in [7, 11) is 0. The molecule has 2 fully saturated rings. The zero-order chi connectivity index (χ0) is 13.6. The molecule has 0 saturated heterocycles. The molecule has 104 valence electrons. The smallest absolute Gasteiger partial charge is 0.261 e. The molecule has 0 aliphatic heterocycles. The van der Waals surface area contributed by atoms with Gasteiger partial charge in [0.25, 0.3) is 5.91 Å². The third-order valence-electron chi connectivity index (χ3n) is 4.66. The topological polar surface area (TPSA) is 29.1 Å². The van der Waals surface area contributed by atoms with E-state index in [-0.39, 0.29) is 5.91 Å². The molecule has 2 saturated carbocycles. The Morgan fingerprint density at radius 3 is 2.74 bits per heavy atom. The summed E-state index contributed by atoms with van der Waals surface area (Å²) in [6.45, 7) is 2.17. The van der Waals surface area contributed by atoms with Gasteiger partial charge in [-0.15, -0.1) is 11.3 Å². The first-order valence-corrected chi connectivity index (χ1v) is 9.20. The van der Waals surface area contributed by atoms with Gasteiger partial charge in [-0.1, -0.05) is 6.42 Å². The third-order valence-corrected chi connectivity index (χ3v) is 7.92. The summed E-state index contributed by atoms with van der Waals surface area (Å²) in [6.07, 6.45) is 5.48. The lowest BCUT2D eigenvalue weighted by molar-refractivity contribution is 0.0919. The molecule has 19 heavy (non-hydrogen) atoms. The van der Waals surface area contributed by atoms with Crippen LogP contribution in [0.5, 0.6) is 0 Å². The highest BCUT2D eigenvalue weighted by Crippen LogP contribution is 2.49. The van der Waals surface area contributed by atoms with Gasteiger partial charge in [-0.05, 0) is 81.9 Å². The van der Waals surface area contributed by atoms with Gasteiger partial charge >= 0.3 is 0 Å². The van der Waals surface area contributed by atoms with Gasteiger partial charge in [0.2, 0.25) is 0 Å². The van der Waals surface area contributed by atoms with E-state index in [1.54, 1.807) is 0 Å². The molecule has 0 spiro atoms. The fourth-order valence-electron chi connectivity index (χ4n) is 3.75. The van der Waals surface area contributed by atoms with Crippen molar-refractivity contribution in [3.05, 3.63) is 19.2 Å². The Hall–Kier alpha value is 0.130. The summed E-state index contributed by atoms with van der Waals surface area (Å²) >= 11 is 8.34. The fraction of sp³-hybridized carbons (Fsp3) is 0.643. The predicted molar refractivity (Wildman–Crippen MR) is 85.6 cm³/mol. The van der Waals surface area contributed by atoms with Crippen LogP contribution in [0.15, 0.2) is 14.3 Å². The summed E-state index contributed by atoms with van der Waals surface area (Å²) in [4.78, 5) is 13.0. The molecule has 1 N–H and O–H groups in total. The Morgan fingerprint density at radius 1 is 1.42 bits per heavy atom. The Balaban J connectivity index is 1.63. The molecule has 2 bridgehead atoms. The number of amides is 1. The van der Waals surface area contributed by atoms with Gasteiger partial charge in [-0.3, -0.25) is 4.79 Å². The van der Waals surface area contributed by atoms with Crippen LogP contribution >= 0.6 is 43.2 Å². The SMILES string of the molecule is C[C@H](NC(=O)c1cc(Br)c(Br)s1)[C@H]1C[C@H]2CC[C@H]1C2. The van der Waals surface area contributed by atoms with Gasteiger partial charge in [0, 0.05) is 10.5 Å². The second-order valence-corrected chi connectivity index (χ2v) is 9.06. The van der Waals surface area contributed by atoms with Crippen LogP contribution in [0.4, 0.5) is 0 Å². The molecule has 1 aromatic heterocycles. The fourth-order valence-corrected chi connectivity index (χ4v) is 5.69. The number of halogens is 2. The third kappa shape index (κ3) is 2.79. The highest BCUT2D eigenvalue weighted by molar-refractivity contribution is 9.13. The van der Waals surface area contributed by atoms with Crippen LogP contribution in [0.1, 0.15) is 42.3 Å². The number of carbonyl (C=O) groups is 1. The second kappa shape index (κ2) is 5.49. The van der Waals surface area contributed by atoms with Crippen molar-refractivity contribution in [1.29, 1.82) is 0 Å². The number of carbonyl (C=O) groups excluding carboxylic acids is 1. The zero-order valence-corrected chi connectivity index (χ0v) is 14.8. The molecule has 2 nitrogen and oxygen atoms in total. The van der Waals surface area contributed by atoms with Crippen LogP contribution in [0.2, 0.25) is 0 Å². The van der Waals surface area contributed by atoms with E-state index in [1.165, 1.54) is 37.0 Å². The van der Waals surface area contributed by atoms with Gasteiger partial charge < -0.3 is 5.32 Å². The molecule has 1 heterocycles. The van der Waals surface area contributed by atoms with Crippen LogP contribution in [-0.4, -0.2) is 11.9 Å². The Bertz CT molecular complexity index is 482. The van der Waals surface area contributed by atoms with E-state index in [2.05, 4.69) is 44.1 Å². The van der Waals surface area contributed by atoms with Crippen molar-refractivity contribution in [2.75, 3.05) is 0 Å². The molecular weight excluding hydrogens is 390 g/mol. The van der Waals surface area contributed by atoms with Crippen molar-refractivity contribution in [3.8, 4) is 0 Å². The second-order valence-electron chi connectivity index (χ2n) is 5.83. The number of hydrogen-bond acceptors (Lipinski definition) is 2. The van der Waals surface area contributed by atoms with E-state index >= 15 is 0 Å². The van der Waals surface area contributed by atoms with Crippen LogP contribution in [0.3, 0.4) is 0 Å². The standard InChI is InChI=1S/C14H17Br2NOS/c1-7(10-5-8-2-3-9(10)4-8)17-14(18)12-6-11(15)13(16)19-12/h6-10H,2-5H2,1H3,(H,17,18)/t7-,8-,9-,10+/m0/s1. The van der Waals surface area contributed by atoms with Crippen molar-refractivity contribution >= 4 is 49.1 Å². The molecule has 0 aromatic carbocycles. The Kier molecular flexibility index (Phi) is 4.07. The van der Waals surface area contributed by atoms with Gasteiger partial charge in [0.15, 0.2) is 0 Å². The van der Waals surface area contributed by atoms with Crippen LogP contribution < -0.4 is 5.32 Å². The van der Waals surface area contributed by atoms with Crippen molar-refractivity contribution in [1.82, 2.24) is 5.32 Å². The minimum absolute atomic E-state index is 0.0617. The van der Waals surface area contributed by atoms with E-state index < -0.39 is 0 Å². The number of thiophene rings is 1. The lowest BCUT2D eigenvalue weighted by Gasteiger charge is -2.28. The lowest BCUT2D eigenvalue weighted by Crippen LogP contribution is -2.39. The van der Waals surface area contributed by atoms with E-state index in [0.29, 0.717) is 12.0 Å². The normalized spacial score (nSPS) is 30.6. The average molecular weight is 407 g/mol. The molecule has 4 atom stereocenters. The largest absolute Gasteiger partial charge is 0.349 e. The molecule has 2 aliphatic rings. The first-order valence-electron chi connectivity index (χ1n) is 6.80. The van der Waals surface area contributed by atoms with Gasteiger partial charge in [-0.2, -0.15) is 0 Å². The summed E-state index contributed by atoms with van der Waals surface area (Å²) in [5.41, 5.74) is 0. The van der Waals surface area contributed by atoms with Crippen LogP contribution in [0.25, 0.3) is 0 Å². The quantitative estimate of drug-likeness (QED) is 0.765. The van der Waals surface area contributed by atoms with E-state index in [4.69, 9.17) is 0 Å². The monoisotopic (exact) mass is 405 g/mol. The Labute approximate surface area is 134 Å². The molecule has 3 rings (SSSR count). The number of rotatable bonds is 3. The predicted octanol–water partition coefficient (Wildman–Crippen LogP) is 4.83. The molecule has 0 unspecified atom stereocenters. The van der Waals surface area contributed by atoms with Crippen molar-refractivity contribution in [3.63, 3.8) is 0 Å². The number of fused-ring (bicyclic) bond motifs is 2. The molecule has 1 aromatic rings. The summed E-state index contributed by atoms with van der Waals surface area (Å²) in [5, 5.41) is 3.19. The minimum atomic E-state index is 0.0617. The van der Waals surface area contributed by atoms with Crippen LogP contribution in [-0.2, 0) is 0 Å². The van der Waals surface area contributed by atoms with Crippen molar-refractivity contribution < 1.29 is 4.79 Å². The van der Waals surface area contributed by atoms with Gasteiger partial charge in [0.1, 0.15) is 0 Å². The molecule has 1 amide bonds. The zero-order valence-electron chi connectivity index (χ0n) is 10.8. The first kappa shape index (κ1) is 14.1. The summed E-state index contributed by atoms with van der Waals surface area (Å²) < 4.78 is 1.93. The summed E-state index contributed by atoms with van der Waals surface area (Å²) in [5.74, 6) is 2.53. The van der Waals surface area contributed by atoms with Gasteiger partial charge in [0.05, 0.1) is 8.66 Å². The summed E-state index contributed by atoms with van der Waals surface area (Å²) in [6, 6.07) is 2.18. The lowest BCUT2D eigenvalue weighted by atomic mass is 9.84. The highest BCUT2D eigenvalue weighted by atomic mass is 79.9. The Morgan fingerprint density at radius 2 is 2.21 bits per heavy atom. The maximum atomic E-state index is 12.2. The maximum Gasteiger partial charge on any atom is 0.261 e.